The Morgan fingerprint density at radius 3 is 2.60 bits per heavy atom. The number of hydrogen-bond donors (Lipinski definition) is 2. The van der Waals surface area contributed by atoms with Crippen LogP contribution in [-0.2, 0) is 11.3 Å². The van der Waals surface area contributed by atoms with E-state index < -0.39 is 5.91 Å². The molecular weight excluding hydrogens is 252 g/mol. The lowest BCUT2D eigenvalue weighted by molar-refractivity contribution is -0.119. The monoisotopic (exact) mass is 276 g/mol. The molecule has 1 aliphatic rings. The van der Waals surface area contributed by atoms with Crippen LogP contribution < -0.4 is 15.8 Å². The molecule has 0 aliphatic heterocycles. The number of amides is 1. The van der Waals surface area contributed by atoms with Gasteiger partial charge in [-0.3, -0.25) is 4.79 Å². The predicted octanol–water partition coefficient (Wildman–Crippen LogP) is 2.22. The molecule has 0 bridgehead atoms. The summed E-state index contributed by atoms with van der Waals surface area (Å²) in [5.41, 5.74) is 6.26. The first kappa shape index (κ1) is 14.9. The fraction of sp³-hybridized carbons (Fsp3) is 0.562. The van der Waals surface area contributed by atoms with Crippen LogP contribution in [0, 0.1) is 5.92 Å². The van der Waals surface area contributed by atoms with Crippen LogP contribution in [0.2, 0.25) is 0 Å². The van der Waals surface area contributed by atoms with Crippen molar-refractivity contribution in [2.75, 3.05) is 6.61 Å². The second-order valence-corrected chi connectivity index (χ2v) is 5.61. The molecule has 1 saturated carbocycles. The van der Waals surface area contributed by atoms with E-state index in [4.69, 9.17) is 10.5 Å². The number of hydrogen-bond acceptors (Lipinski definition) is 3. The van der Waals surface area contributed by atoms with E-state index in [0.29, 0.717) is 11.8 Å². The van der Waals surface area contributed by atoms with Crippen LogP contribution in [0.25, 0.3) is 0 Å². The average molecular weight is 276 g/mol. The van der Waals surface area contributed by atoms with Crippen molar-refractivity contribution in [2.45, 2.75) is 45.2 Å². The normalized spacial score (nSPS) is 17.1. The van der Waals surface area contributed by atoms with E-state index in [1.165, 1.54) is 31.2 Å². The molecule has 1 unspecified atom stereocenters. The smallest absolute Gasteiger partial charge is 0.255 e. The lowest BCUT2D eigenvalue weighted by Crippen LogP contribution is -2.31. The molecule has 4 nitrogen and oxygen atoms in total. The van der Waals surface area contributed by atoms with Gasteiger partial charge in [0.05, 0.1) is 0 Å². The molecule has 20 heavy (non-hydrogen) atoms. The summed E-state index contributed by atoms with van der Waals surface area (Å²) < 4.78 is 5.23. The maximum absolute atomic E-state index is 10.6. The van der Waals surface area contributed by atoms with Gasteiger partial charge >= 0.3 is 0 Å². The molecule has 0 aromatic heterocycles. The summed E-state index contributed by atoms with van der Waals surface area (Å²) in [7, 11) is 0. The van der Waals surface area contributed by atoms with Crippen molar-refractivity contribution in [3.8, 4) is 5.75 Å². The highest BCUT2D eigenvalue weighted by molar-refractivity contribution is 5.75. The van der Waals surface area contributed by atoms with Gasteiger partial charge in [-0.05, 0) is 43.4 Å². The van der Waals surface area contributed by atoms with Crippen molar-refractivity contribution >= 4 is 5.91 Å². The molecule has 1 aromatic carbocycles. The third kappa shape index (κ3) is 4.53. The number of nitrogens with one attached hydrogen (secondary N) is 1. The van der Waals surface area contributed by atoms with E-state index in [2.05, 4.69) is 12.2 Å². The van der Waals surface area contributed by atoms with Crippen LogP contribution in [0.15, 0.2) is 24.3 Å². The van der Waals surface area contributed by atoms with Crippen LogP contribution in [0.4, 0.5) is 0 Å². The highest BCUT2D eigenvalue weighted by atomic mass is 16.5. The van der Waals surface area contributed by atoms with E-state index in [1.807, 2.05) is 24.3 Å². The number of carbonyl (C=O) groups is 1. The van der Waals surface area contributed by atoms with Gasteiger partial charge in [-0.2, -0.15) is 0 Å². The van der Waals surface area contributed by atoms with Crippen LogP contribution in [-0.4, -0.2) is 18.6 Å². The minimum atomic E-state index is -0.457. The molecule has 1 fully saturated rings. The predicted molar refractivity (Wildman–Crippen MR) is 79.4 cm³/mol. The Morgan fingerprint density at radius 2 is 2.00 bits per heavy atom. The Morgan fingerprint density at radius 1 is 1.35 bits per heavy atom. The first-order chi connectivity index (χ1) is 9.65. The van der Waals surface area contributed by atoms with Gasteiger partial charge in [0.25, 0.3) is 5.91 Å². The van der Waals surface area contributed by atoms with Gasteiger partial charge in [0, 0.05) is 12.6 Å². The lowest BCUT2D eigenvalue weighted by atomic mass is 9.99. The van der Waals surface area contributed by atoms with Crippen LogP contribution >= 0.6 is 0 Å². The van der Waals surface area contributed by atoms with Crippen molar-refractivity contribution in [3.05, 3.63) is 29.8 Å². The van der Waals surface area contributed by atoms with Crippen LogP contribution in [0.5, 0.6) is 5.75 Å². The average Bonchev–Trinajstić information content (AvgIpc) is 2.98. The molecular formula is C16H24N2O2. The molecule has 0 spiro atoms. The summed E-state index contributed by atoms with van der Waals surface area (Å²) in [6, 6.07) is 8.36. The molecule has 0 saturated heterocycles. The summed E-state index contributed by atoms with van der Waals surface area (Å²) in [5.74, 6) is 1.05. The number of ether oxygens (including phenoxy) is 1. The Labute approximate surface area is 120 Å². The van der Waals surface area contributed by atoms with E-state index in [-0.39, 0.29) is 6.61 Å². The summed E-state index contributed by atoms with van der Waals surface area (Å²) in [6.07, 6.45) is 5.47. The Hall–Kier alpha value is -1.55. The van der Waals surface area contributed by atoms with E-state index in [9.17, 15) is 4.79 Å². The zero-order valence-corrected chi connectivity index (χ0v) is 12.1. The van der Waals surface area contributed by atoms with E-state index in [1.54, 1.807) is 0 Å². The first-order valence-corrected chi connectivity index (χ1v) is 7.38. The zero-order chi connectivity index (χ0) is 14.4. The maximum atomic E-state index is 10.6. The highest BCUT2D eigenvalue weighted by Crippen LogP contribution is 2.27. The minimum absolute atomic E-state index is 0.0731. The van der Waals surface area contributed by atoms with Crippen molar-refractivity contribution in [3.63, 3.8) is 0 Å². The van der Waals surface area contributed by atoms with Crippen molar-refractivity contribution in [1.82, 2.24) is 5.32 Å². The molecule has 2 rings (SSSR count). The van der Waals surface area contributed by atoms with Crippen LogP contribution in [0.1, 0.15) is 38.2 Å². The fourth-order valence-electron chi connectivity index (χ4n) is 2.76. The van der Waals surface area contributed by atoms with Crippen molar-refractivity contribution < 1.29 is 9.53 Å². The second kappa shape index (κ2) is 7.29. The first-order valence-electron chi connectivity index (χ1n) is 7.38. The number of rotatable bonds is 7. The lowest BCUT2D eigenvalue weighted by Gasteiger charge is -2.20. The molecule has 1 amide bonds. The zero-order valence-electron chi connectivity index (χ0n) is 12.1. The Bertz CT molecular complexity index is 425. The number of nitrogens with two attached hydrogens (primary N) is 1. The van der Waals surface area contributed by atoms with E-state index in [0.717, 1.165) is 12.5 Å². The van der Waals surface area contributed by atoms with Gasteiger partial charge in [0.1, 0.15) is 5.75 Å². The van der Waals surface area contributed by atoms with Gasteiger partial charge in [0.15, 0.2) is 6.61 Å². The summed E-state index contributed by atoms with van der Waals surface area (Å²) in [5, 5.41) is 3.60. The third-order valence-electron chi connectivity index (χ3n) is 4.04. The molecule has 110 valence electrons. The van der Waals surface area contributed by atoms with Crippen LogP contribution in [0.3, 0.4) is 0 Å². The van der Waals surface area contributed by atoms with Crippen molar-refractivity contribution in [1.29, 1.82) is 0 Å². The largest absolute Gasteiger partial charge is 0.484 e. The molecule has 3 N–H and O–H groups in total. The Kier molecular flexibility index (Phi) is 5.41. The molecule has 0 heterocycles. The quantitative estimate of drug-likeness (QED) is 0.802. The molecule has 1 atom stereocenters. The van der Waals surface area contributed by atoms with E-state index >= 15 is 0 Å². The molecule has 4 heteroatoms. The third-order valence-corrected chi connectivity index (χ3v) is 4.04. The molecule has 1 aromatic rings. The number of benzene rings is 1. The summed E-state index contributed by atoms with van der Waals surface area (Å²) in [6.45, 7) is 3.07. The SMILES string of the molecule is CC(NCc1ccc(OCC(N)=O)cc1)C1CCCC1. The summed E-state index contributed by atoms with van der Waals surface area (Å²) in [4.78, 5) is 10.6. The topological polar surface area (TPSA) is 64.3 Å². The van der Waals surface area contributed by atoms with Gasteiger partial charge in [-0.15, -0.1) is 0 Å². The second-order valence-electron chi connectivity index (χ2n) is 5.61. The fourth-order valence-corrected chi connectivity index (χ4v) is 2.76. The summed E-state index contributed by atoms with van der Waals surface area (Å²) >= 11 is 0. The highest BCUT2D eigenvalue weighted by Gasteiger charge is 2.20. The number of primary amides is 1. The van der Waals surface area contributed by atoms with Gasteiger partial charge in [-0.25, -0.2) is 0 Å². The van der Waals surface area contributed by atoms with Gasteiger partial charge < -0.3 is 15.8 Å². The van der Waals surface area contributed by atoms with Gasteiger partial charge in [-0.1, -0.05) is 25.0 Å². The molecule has 0 radical (unpaired) electrons. The Balaban J connectivity index is 1.76. The van der Waals surface area contributed by atoms with Gasteiger partial charge in [0.2, 0.25) is 0 Å². The standard InChI is InChI=1S/C16H24N2O2/c1-12(14-4-2-3-5-14)18-10-13-6-8-15(9-7-13)20-11-16(17)19/h6-9,12,14,18H,2-5,10-11H2,1H3,(H2,17,19). The maximum Gasteiger partial charge on any atom is 0.255 e. The molecule has 1 aliphatic carbocycles. The minimum Gasteiger partial charge on any atom is -0.484 e. The van der Waals surface area contributed by atoms with Crippen molar-refractivity contribution in [2.24, 2.45) is 11.7 Å². The number of carbonyl (C=O) groups excluding carboxylic acids is 1.